The Bertz CT molecular complexity index is 732. The smallest absolute Gasteiger partial charge is 0.261 e. The van der Waals surface area contributed by atoms with E-state index in [-0.39, 0.29) is 10.7 Å². The summed E-state index contributed by atoms with van der Waals surface area (Å²) in [7, 11) is -3.64. The zero-order chi connectivity index (χ0) is 15.5. The first-order valence-corrected chi connectivity index (χ1v) is 8.13. The van der Waals surface area contributed by atoms with Crippen LogP contribution in [0.3, 0.4) is 0 Å². The lowest BCUT2D eigenvalue weighted by Gasteiger charge is -2.08. The van der Waals surface area contributed by atoms with Crippen LogP contribution in [0.25, 0.3) is 0 Å². The molecule has 0 amide bonds. The minimum absolute atomic E-state index is 0.00885. The van der Waals surface area contributed by atoms with Crippen molar-refractivity contribution in [2.75, 3.05) is 4.72 Å². The average molecular weight is 303 g/mol. The van der Waals surface area contributed by atoms with E-state index in [1.165, 1.54) is 24.3 Å². The number of aryl methyl sites for hydroxylation is 1. The zero-order valence-corrected chi connectivity index (χ0v) is 12.8. The van der Waals surface area contributed by atoms with Crippen LogP contribution in [0.4, 0.5) is 5.69 Å². The van der Waals surface area contributed by atoms with Crippen LogP contribution in [0.1, 0.15) is 29.3 Å². The molecule has 21 heavy (non-hydrogen) atoms. The lowest BCUT2D eigenvalue weighted by molar-refractivity contribution is 0.0988. The van der Waals surface area contributed by atoms with Crippen LogP contribution in [0.5, 0.6) is 0 Å². The highest BCUT2D eigenvalue weighted by molar-refractivity contribution is 7.92. The summed E-state index contributed by atoms with van der Waals surface area (Å²) in [6.07, 6.45) is 0.397. The number of Topliss-reactive ketones (excluding diaryl/α,β-unsaturated/α-hetero) is 1. The molecule has 0 heterocycles. The number of carbonyl (C=O) groups is 1. The van der Waals surface area contributed by atoms with Crippen LogP contribution in [0.2, 0.25) is 0 Å². The molecule has 0 atom stereocenters. The van der Waals surface area contributed by atoms with Gasteiger partial charge in [0.15, 0.2) is 5.78 Å². The monoisotopic (exact) mass is 303 g/mol. The quantitative estimate of drug-likeness (QED) is 0.861. The Kier molecular flexibility index (Phi) is 4.43. The number of sulfonamides is 1. The van der Waals surface area contributed by atoms with Gasteiger partial charge in [-0.1, -0.05) is 36.8 Å². The van der Waals surface area contributed by atoms with Crippen molar-refractivity contribution in [2.24, 2.45) is 0 Å². The van der Waals surface area contributed by atoms with E-state index in [9.17, 15) is 13.2 Å². The van der Waals surface area contributed by atoms with Crippen LogP contribution in [0.15, 0.2) is 53.4 Å². The molecule has 0 saturated carbocycles. The van der Waals surface area contributed by atoms with Gasteiger partial charge in [0.25, 0.3) is 10.0 Å². The van der Waals surface area contributed by atoms with Gasteiger partial charge < -0.3 is 0 Å². The van der Waals surface area contributed by atoms with Crippen LogP contribution in [-0.2, 0) is 10.0 Å². The Hall–Kier alpha value is -2.14. The maximum atomic E-state index is 12.2. The second kappa shape index (κ2) is 6.10. The van der Waals surface area contributed by atoms with Gasteiger partial charge in [0, 0.05) is 17.7 Å². The number of benzene rings is 2. The molecule has 5 heteroatoms. The van der Waals surface area contributed by atoms with Gasteiger partial charge in [-0.3, -0.25) is 9.52 Å². The highest BCUT2D eigenvalue weighted by atomic mass is 32.2. The third kappa shape index (κ3) is 3.70. The van der Waals surface area contributed by atoms with Crippen molar-refractivity contribution in [3.05, 3.63) is 59.7 Å². The predicted octanol–water partition coefficient (Wildman–Crippen LogP) is 3.39. The molecule has 0 fully saturated rings. The fourth-order valence-corrected chi connectivity index (χ4v) is 2.92. The summed E-state index contributed by atoms with van der Waals surface area (Å²) in [5.41, 5.74) is 2.08. The van der Waals surface area contributed by atoms with E-state index in [1.54, 1.807) is 19.1 Å². The molecule has 0 aliphatic carbocycles. The molecule has 2 rings (SSSR count). The molecular weight excluding hydrogens is 286 g/mol. The highest BCUT2D eigenvalue weighted by Gasteiger charge is 2.14. The third-order valence-corrected chi connectivity index (χ3v) is 4.51. The predicted molar refractivity (Wildman–Crippen MR) is 83.1 cm³/mol. The molecule has 0 aromatic heterocycles. The van der Waals surface area contributed by atoms with Gasteiger partial charge in [-0.2, -0.15) is 0 Å². The summed E-state index contributed by atoms with van der Waals surface area (Å²) in [6.45, 7) is 3.70. The van der Waals surface area contributed by atoms with E-state index in [0.29, 0.717) is 17.7 Å². The largest absolute Gasteiger partial charge is 0.294 e. The number of hydrogen-bond donors (Lipinski definition) is 1. The lowest BCUT2D eigenvalue weighted by atomic mass is 10.1. The molecule has 2 aromatic rings. The Morgan fingerprint density at radius 1 is 1.00 bits per heavy atom. The van der Waals surface area contributed by atoms with Crippen LogP contribution in [-0.4, -0.2) is 14.2 Å². The number of anilines is 1. The van der Waals surface area contributed by atoms with Gasteiger partial charge in [0.1, 0.15) is 0 Å². The van der Waals surface area contributed by atoms with Crippen molar-refractivity contribution in [2.45, 2.75) is 25.2 Å². The van der Waals surface area contributed by atoms with Crippen molar-refractivity contribution in [3.63, 3.8) is 0 Å². The van der Waals surface area contributed by atoms with E-state index >= 15 is 0 Å². The maximum absolute atomic E-state index is 12.2. The molecule has 2 aromatic carbocycles. The second-order valence-electron chi connectivity index (χ2n) is 4.77. The Labute approximate surface area is 124 Å². The van der Waals surface area contributed by atoms with Gasteiger partial charge in [-0.15, -0.1) is 0 Å². The first kappa shape index (κ1) is 15.3. The Morgan fingerprint density at radius 3 is 2.10 bits per heavy atom. The average Bonchev–Trinajstić information content (AvgIpc) is 2.49. The Morgan fingerprint density at radius 2 is 1.57 bits per heavy atom. The SMILES string of the molecule is CCC(=O)c1ccc(S(=O)(=O)Nc2ccc(C)cc2)cc1. The van der Waals surface area contributed by atoms with Gasteiger partial charge in [-0.25, -0.2) is 8.42 Å². The van der Waals surface area contributed by atoms with Crippen molar-refractivity contribution in [3.8, 4) is 0 Å². The molecule has 0 radical (unpaired) electrons. The van der Waals surface area contributed by atoms with Crippen molar-refractivity contribution in [1.82, 2.24) is 0 Å². The number of nitrogens with one attached hydrogen (secondary N) is 1. The zero-order valence-electron chi connectivity index (χ0n) is 12.0. The fourth-order valence-electron chi connectivity index (χ4n) is 1.86. The standard InChI is InChI=1S/C16H17NO3S/c1-3-16(18)13-6-10-15(11-7-13)21(19,20)17-14-8-4-12(2)5-9-14/h4-11,17H,3H2,1-2H3. The molecule has 0 bridgehead atoms. The first-order chi connectivity index (χ1) is 9.92. The normalized spacial score (nSPS) is 11.1. The summed E-state index contributed by atoms with van der Waals surface area (Å²) in [4.78, 5) is 11.7. The fraction of sp³-hybridized carbons (Fsp3) is 0.188. The topological polar surface area (TPSA) is 63.2 Å². The lowest BCUT2D eigenvalue weighted by Crippen LogP contribution is -2.13. The summed E-state index contributed by atoms with van der Waals surface area (Å²) < 4.78 is 27.0. The van der Waals surface area contributed by atoms with Gasteiger partial charge in [0.05, 0.1) is 4.90 Å². The molecule has 1 N–H and O–H groups in total. The molecule has 0 saturated heterocycles. The number of rotatable bonds is 5. The van der Waals surface area contributed by atoms with Crippen molar-refractivity contribution < 1.29 is 13.2 Å². The van der Waals surface area contributed by atoms with Gasteiger partial charge in [-0.05, 0) is 31.2 Å². The maximum Gasteiger partial charge on any atom is 0.261 e. The molecule has 0 unspecified atom stereocenters. The third-order valence-electron chi connectivity index (χ3n) is 3.11. The van der Waals surface area contributed by atoms with E-state index in [4.69, 9.17) is 0 Å². The molecule has 0 aliphatic rings. The molecular formula is C16H17NO3S. The van der Waals surface area contributed by atoms with Crippen LogP contribution >= 0.6 is 0 Å². The molecule has 4 nitrogen and oxygen atoms in total. The number of carbonyl (C=O) groups excluding carboxylic acids is 1. The van der Waals surface area contributed by atoms with Gasteiger partial charge in [0.2, 0.25) is 0 Å². The summed E-state index contributed by atoms with van der Waals surface area (Å²) >= 11 is 0. The first-order valence-electron chi connectivity index (χ1n) is 6.65. The van der Waals surface area contributed by atoms with E-state index in [0.717, 1.165) is 5.56 Å². The summed E-state index contributed by atoms with van der Waals surface area (Å²) in [6, 6.07) is 13.1. The van der Waals surface area contributed by atoms with Gasteiger partial charge >= 0.3 is 0 Å². The van der Waals surface area contributed by atoms with E-state index < -0.39 is 10.0 Å². The van der Waals surface area contributed by atoms with E-state index in [1.807, 2.05) is 19.1 Å². The highest BCUT2D eigenvalue weighted by Crippen LogP contribution is 2.17. The second-order valence-corrected chi connectivity index (χ2v) is 6.46. The number of ketones is 1. The summed E-state index contributed by atoms with van der Waals surface area (Å²) in [5.74, 6) is -0.00885. The van der Waals surface area contributed by atoms with Crippen molar-refractivity contribution >= 4 is 21.5 Å². The number of hydrogen-bond acceptors (Lipinski definition) is 3. The van der Waals surface area contributed by atoms with E-state index in [2.05, 4.69) is 4.72 Å². The Balaban J connectivity index is 2.23. The van der Waals surface area contributed by atoms with Crippen molar-refractivity contribution in [1.29, 1.82) is 0 Å². The summed E-state index contributed by atoms with van der Waals surface area (Å²) in [5, 5.41) is 0. The molecule has 0 aliphatic heterocycles. The molecule has 110 valence electrons. The van der Waals surface area contributed by atoms with Crippen LogP contribution < -0.4 is 4.72 Å². The molecule has 0 spiro atoms. The minimum Gasteiger partial charge on any atom is -0.294 e. The van der Waals surface area contributed by atoms with Crippen LogP contribution in [0, 0.1) is 6.92 Å². The minimum atomic E-state index is -3.64.